The van der Waals surface area contributed by atoms with E-state index in [2.05, 4.69) is 38.2 Å². The Balaban J connectivity index is 1.81. The van der Waals surface area contributed by atoms with Gasteiger partial charge in [-0.1, -0.05) is 32.9 Å². The lowest BCUT2D eigenvalue weighted by atomic mass is 9.79. The van der Waals surface area contributed by atoms with Gasteiger partial charge in [-0.25, -0.2) is 0 Å². The molecule has 1 amide bonds. The number of ether oxygens (including phenoxy) is 2. The van der Waals surface area contributed by atoms with E-state index < -0.39 is 5.41 Å². The molecule has 0 unspecified atom stereocenters. The highest BCUT2D eigenvalue weighted by atomic mass is 16.5. The predicted molar refractivity (Wildman–Crippen MR) is 95.2 cm³/mol. The molecule has 1 aromatic rings. The van der Waals surface area contributed by atoms with Crippen LogP contribution in [0.2, 0.25) is 0 Å². The summed E-state index contributed by atoms with van der Waals surface area (Å²) in [4.78, 5) is 12.4. The zero-order valence-electron chi connectivity index (χ0n) is 15.1. The molecule has 1 saturated heterocycles. The third-order valence-electron chi connectivity index (χ3n) is 4.68. The number of hydrogen-bond donors (Lipinski definition) is 2. The van der Waals surface area contributed by atoms with Crippen LogP contribution in [0.4, 0.5) is 0 Å². The number of carbonyl (C=O) groups is 1. The summed E-state index contributed by atoms with van der Waals surface area (Å²) in [6, 6.07) is 8.10. The van der Waals surface area contributed by atoms with Gasteiger partial charge < -0.3 is 20.5 Å². The van der Waals surface area contributed by atoms with E-state index in [0.717, 1.165) is 5.75 Å². The van der Waals surface area contributed by atoms with Gasteiger partial charge in [0.2, 0.25) is 5.91 Å². The highest BCUT2D eigenvalue weighted by molar-refractivity contribution is 5.83. The monoisotopic (exact) mass is 334 g/mol. The quantitative estimate of drug-likeness (QED) is 0.783. The molecule has 0 radical (unpaired) electrons. The van der Waals surface area contributed by atoms with Crippen molar-refractivity contribution in [2.24, 2.45) is 11.1 Å². The van der Waals surface area contributed by atoms with Crippen molar-refractivity contribution in [1.29, 1.82) is 0 Å². The molecular weight excluding hydrogens is 304 g/mol. The fourth-order valence-corrected chi connectivity index (χ4v) is 2.86. The van der Waals surface area contributed by atoms with Crippen LogP contribution in [0, 0.1) is 5.41 Å². The van der Waals surface area contributed by atoms with Gasteiger partial charge in [0.05, 0.1) is 12.0 Å². The molecule has 0 aromatic heterocycles. The van der Waals surface area contributed by atoms with Gasteiger partial charge in [-0.3, -0.25) is 4.79 Å². The lowest BCUT2D eigenvalue weighted by Gasteiger charge is -2.34. The Morgan fingerprint density at radius 2 is 2.04 bits per heavy atom. The molecule has 134 valence electrons. The zero-order valence-corrected chi connectivity index (χ0v) is 15.1. The smallest absolute Gasteiger partial charge is 0.227 e. The van der Waals surface area contributed by atoms with Crippen LogP contribution in [-0.2, 0) is 14.9 Å². The number of hydrogen-bond acceptors (Lipinski definition) is 4. The molecule has 0 saturated carbocycles. The van der Waals surface area contributed by atoms with Crippen LogP contribution >= 0.6 is 0 Å². The topological polar surface area (TPSA) is 73.6 Å². The first-order valence-corrected chi connectivity index (χ1v) is 8.67. The molecule has 0 aliphatic carbocycles. The number of benzene rings is 1. The van der Waals surface area contributed by atoms with Gasteiger partial charge in [-0.15, -0.1) is 0 Å². The SMILES string of the molecule is CC(C)(C)c1cccc(OCCNC(=O)C2(CN)CCOCC2)c1. The first-order valence-electron chi connectivity index (χ1n) is 8.67. The fourth-order valence-electron chi connectivity index (χ4n) is 2.86. The van der Waals surface area contributed by atoms with Crippen molar-refractivity contribution in [2.75, 3.05) is 32.9 Å². The average Bonchev–Trinajstić information content (AvgIpc) is 2.58. The summed E-state index contributed by atoms with van der Waals surface area (Å²) in [6.07, 6.45) is 1.37. The molecule has 3 N–H and O–H groups in total. The average molecular weight is 334 g/mol. The first-order chi connectivity index (χ1) is 11.4. The van der Waals surface area contributed by atoms with Gasteiger partial charge in [0.1, 0.15) is 12.4 Å². The summed E-state index contributed by atoms with van der Waals surface area (Å²) in [5.74, 6) is 0.844. The molecule has 0 atom stereocenters. The number of carbonyl (C=O) groups excluding carboxylic acids is 1. The Bertz CT molecular complexity index is 546. The molecule has 1 fully saturated rings. The second-order valence-electron chi connectivity index (χ2n) is 7.48. The van der Waals surface area contributed by atoms with Gasteiger partial charge in [0.15, 0.2) is 0 Å². The summed E-state index contributed by atoms with van der Waals surface area (Å²) >= 11 is 0. The minimum atomic E-state index is -0.482. The minimum Gasteiger partial charge on any atom is -0.492 e. The summed E-state index contributed by atoms with van der Waals surface area (Å²) in [7, 11) is 0. The normalized spacial score (nSPS) is 17.3. The van der Waals surface area contributed by atoms with Gasteiger partial charge in [-0.2, -0.15) is 0 Å². The summed E-state index contributed by atoms with van der Waals surface area (Å²) in [5.41, 5.74) is 6.68. The van der Waals surface area contributed by atoms with E-state index in [1.807, 2.05) is 12.1 Å². The molecule has 1 aliphatic heterocycles. The Morgan fingerprint density at radius 3 is 2.67 bits per heavy atom. The van der Waals surface area contributed by atoms with Crippen LogP contribution in [0.1, 0.15) is 39.2 Å². The number of rotatable bonds is 6. The third-order valence-corrected chi connectivity index (χ3v) is 4.68. The number of nitrogens with two attached hydrogens (primary N) is 1. The summed E-state index contributed by atoms with van der Waals surface area (Å²) < 4.78 is 11.1. The van der Waals surface area contributed by atoms with Crippen molar-refractivity contribution in [3.63, 3.8) is 0 Å². The van der Waals surface area contributed by atoms with Gasteiger partial charge in [0.25, 0.3) is 0 Å². The van der Waals surface area contributed by atoms with Crippen LogP contribution in [0.15, 0.2) is 24.3 Å². The van der Waals surface area contributed by atoms with Crippen molar-refractivity contribution < 1.29 is 14.3 Å². The maximum absolute atomic E-state index is 12.4. The van der Waals surface area contributed by atoms with Gasteiger partial charge >= 0.3 is 0 Å². The van der Waals surface area contributed by atoms with E-state index in [-0.39, 0.29) is 11.3 Å². The van der Waals surface area contributed by atoms with Crippen molar-refractivity contribution >= 4 is 5.91 Å². The maximum atomic E-state index is 12.4. The molecule has 1 aliphatic rings. The Morgan fingerprint density at radius 1 is 1.33 bits per heavy atom. The molecule has 0 spiro atoms. The second kappa shape index (κ2) is 7.99. The lowest BCUT2D eigenvalue weighted by molar-refractivity contribution is -0.136. The number of amides is 1. The lowest BCUT2D eigenvalue weighted by Crippen LogP contribution is -2.49. The second-order valence-corrected chi connectivity index (χ2v) is 7.48. The van der Waals surface area contributed by atoms with E-state index in [9.17, 15) is 4.79 Å². The standard InChI is InChI=1S/C19H30N2O3/c1-18(2,3)15-5-4-6-16(13-15)24-12-9-21-17(22)19(14-20)7-10-23-11-8-19/h4-6,13H,7-12,14,20H2,1-3H3,(H,21,22). The molecule has 1 aromatic carbocycles. The van der Waals surface area contributed by atoms with Crippen LogP contribution in [-0.4, -0.2) is 38.8 Å². The molecule has 5 heteroatoms. The van der Waals surface area contributed by atoms with Gasteiger partial charge in [0, 0.05) is 19.8 Å². The van der Waals surface area contributed by atoms with E-state index in [4.69, 9.17) is 15.2 Å². The highest BCUT2D eigenvalue weighted by Gasteiger charge is 2.38. The fraction of sp³-hybridized carbons (Fsp3) is 0.632. The third kappa shape index (κ3) is 4.71. The van der Waals surface area contributed by atoms with E-state index >= 15 is 0 Å². The van der Waals surface area contributed by atoms with Crippen molar-refractivity contribution in [2.45, 2.75) is 39.0 Å². The minimum absolute atomic E-state index is 0.0142. The van der Waals surface area contributed by atoms with Crippen molar-refractivity contribution in [3.05, 3.63) is 29.8 Å². The van der Waals surface area contributed by atoms with Gasteiger partial charge in [-0.05, 0) is 36.0 Å². The predicted octanol–water partition coefficient (Wildman–Crippen LogP) is 2.23. The van der Waals surface area contributed by atoms with E-state index in [1.165, 1.54) is 5.56 Å². The largest absolute Gasteiger partial charge is 0.492 e. The van der Waals surface area contributed by atoms with Crippen LogP contribution < -0.4 is 15.8 Å². The Hall–Kier alpha value is -1.59. The number of nitrogens with one attached hydrogen (secondary N) is 1. The molecule has 24 heavy (non-hydrogen) atoms. The highest BCUT2D eigenvalue weighted by Crippen LogP contribution is 2.29. The van der Waals surface area contributed by atoms with E-state index in [1.54, 1.807) is 0 Å². The molecule has 0 bridgehead atoms. The molecule has 5 nitrogen and oxygen atoms in total. The first kappa shape index (κ1) is 18.7. The maximum Gasteiger partial charge on any atom is 0.227 e. The van der Waals surface area contributed by atoms with E-state index in [0.29, 0.717) is 45.8 Å². The van der Waals surface area contributed by atoms with Crippen molar-refractivity contribution in [3.8, 4) is 5.75 Å². The van der Waals surface area contributed by atoms with Crippen LogP contribution in [0.5, 0.6) is 5.75 Å². The van der Waals surface area contributed by atoms with Crippen molar-refractivity contribution in [1.82, 2.24) is 5.32 Å². The Kier molecular flexibility index (Phi) is 6.24. The molecular formula is C19H30N2O3. The molecule has 1 heterocycles. The Labute approximate surface area is 144 Å². The van der Waals surface area contributed by atoms with Crippen LogP contribution in [0.25, 0.3) is 0 Å². The molecule has 2 rings (SSSR count). The summed E-state index contributed by atoms with van der Waals surface area (Å²) in [5, 5.41) is 2.96. The zero-order chi connectivity index (χ0) is 17.6. The summed E-state index contributed by atoms with van der Waals surface area (Å²) in [6.45, 7) is 8.99. The van der Waals surface area contributed by atoms with Crippen LogP contribution in [0.3, 0.4) is 0 Å².